The minimum Gasteiger partial charge on any atom is -0.330 e. The van der Waals surface area contributed by atoms with Gasteiger partial charge in [-0.2, -0.15) is 0 Å². The Morgan fingerprint density at radius 1 is 1.20 bits per heavy atom. The fraction of sp³-hybridized carbons (Fsp3) is 0.400. The number of likely N-dealkylation sites (tertiary alicyclic amines) is 1. The Bertz CT molecular complexity index is 741. The molecule has 3 rings (SSSR count). The van der Waals surface area contributed by atoms with Gasteiger partial charge in [-0.05, 0) is 58.1 Å². The highest BCUT2D eigenvalue weighted by Crippen LogP contribution is 2.21. The zero-order valence-electron chi connectivity index (χ0n) is 14.8. The molecule has 0 saturated carbocycles. The summed E-state index contributed by atoms with van der Waals surface area (Å²) in [5, 5.41) is 0. The van der Waals surface area contributed by atoms with Crippen molar-refractivity contribution in [2.75, 3.05) is 20.1 Å². The summed E-state index contributed by atoms with van der Waals surface area (Å²) < 4.78 is 14.1. The zero-order valence-corrected chi connectivity index (χ0v) is 14.8. The van der Waals surface area contributed by atoms with E-state index in [-0.39, 0.29) is 24.3 Å². The molecule has 0 radical (unpaired) electrons. The van der Waals surface area contributed by atoms with Crippen molar-refractivity contribution >= 4 is 5.91 Å². The third kappa shape index (κ3) is 4.23. The number of halogens is 1. The Balaban J connectivity index is 1.88. The quantitative estimate of drug-likeness (QED) is 0.856. The topological polar surface area (TPSA) is 36.4 Å². The average molecular weight is 341 g/mol. The third-order valence-corrected chi connectivity index (χ3v) is 4.80. The van der Waals surface area contributed by atoms with Crippen LogP contribution < -0.4 is 0 Å². The predicted octanol–water partition coefficient (Wildman–Crippen LogP) is 3.27. The van der Waals surface area contributed by atoms with Crippen LogP contribution in [0.4, 0.5) is 4.39 Å². The summed E-state index contributed by atoms with van der Waals surface area (Å²) in [5.41, 5.74) is 1.78. The highest BCUT2D eigenvalue weighted by Gasteiger charge is 2.29. The van der Waals surface area contributed by atoms with Gasteiger partial charge in [0.05, 0.1) is 0 Å². The van der Waals surface area contributed by atoms with E-state index in [0.717, 1.165) is 31.6 Å². The number of pyridine rings is 1. The van der Waals surface area contributed by atoms with Gasteiger partial charge in [-0.25, -0.2) is 9.37 Å². The predicted molar refractivity (Wildman–Crippen MR) is 95.8 cm³/mol. The molecule has 25 heavy (non-hydrogen) atoms. The molecule has 1 aliphatic heterocycles. The number of nitrogens with zero attached hydrogens (tertiary/aromatic N) is 3. The van der Waals surface area contributed by atoms with Crippen LogP contribution in [0.5, 0.6) is 0 Å². The molecular weight excluding hydrogens is 317 g/mol. The summed E-state index contributed by atoms with van der Waals surface area (Å²) in [6, 6.07) is 12.2. The molecule has 1 aliphatic rings. The molecule has 1 amide bonds. The molecule has 0 atom stereocenters. The highest BCUT2D eigenvalue weighted by atomic mass is 19.1. The van der Waals surface area contributed by atoms with Crippen LogP contribution in [-0.2, 0) is 6.54 Å². The monoisotopic (exact) mass is 341 g/mol. The second kappa shape index (κ2) is 7.74. The summed E-state index contributed by atoms with van der Waals surface area (Å²) in [5.74, 6) is -0.396. The molecular formula is C20H24FN3O. The lowest BCUT2D eigenvalue weighted by atomic mass is 10.0. The maximum absolute atomic E-state index is 14.1. The van der Waals surface area contributed by atoms with E-state index < -0.39 is 0 Å². The van der Waals surface area contributed by atoms with Crippen molar-refractivity contribution < 1.29 is 9.18 Å². The van der Waals surface area contributed by atoms with Gasteiger partial charge >= 0.3 is 0 Å². The smallest absolute Gasteiger partial charge is 0.273 e. The molecule has 0 bridgehead atoms. The SMILES string of the molecule is Cc1cccc(C(=O)N(Cc2ccccc2F)C2CCN(C)CC2)n1. The number of hydrogen-bond donors (Lipinski definition) is 0. The molecule has 1 saturated heterocycles. The van der Waals surface area contributed by atoms with Crippen molar-refractivity contribution in [3.8, 4) is 0 Å². The van der Waals surface area contributed by atoms with Crippen molar-refractivity contribution in [1.82, 2.24) is 14.8 Å². The number of aromatic nitrogens is 1. The molecule has 132 valence electrons. The fourth-order valence-electron chi connectivity index (χ4n) is 3.29. The number of amides is 1. The Morgan fingerprint density at radius 3 is 2.60 bits per heavy atom. The number of aryl methyl sites for hydroxylation is 1. The number of carbonyl (C=O) groups excluding carboxylic acids is 1. The summed E-state index contributed by atoms with van der Waals surface area (Å²) in [4.78, 5) is 21.5. The van der Waals surface area contributed by atoms with Gasteiger partial charge in [0.1, 0.15) is 11.5 Å². The first-order valence-corrected chi connectivity index (χ1v) is 8.71. The Labute approximate surface area is 148 Å². The van der Waals surface area contributed by atoms with Gasteiger partial charge in [-0.1, -0.05) is 24.3 Å². The average Bonchev–Trinajstić information content (AvgIpc) is 2.61. The van der Waals surface area contributed by atoms with Crippen LogP contribution in [0.25, 0.3) is 0 Å². The fourth-order valence-corrected chi connectivity index (χ4v) is 3.29. The van der Waals surface area contributed by atoms with Gasteiger partial charge < -0.3 is 9.80 Å². The van der Waals surface area contributed by atoms with E-state index in [4.69, 9.17) is 0 Å². The maximum atomic E-state index is 14.1. The van der Waals surface area contributed by atoms with Crippen LogP contribution in [0.2, 0.25) is 0 Å². The summed E-state index contributed by atoms with van der Waals surface area (Å²) >= 11 is 0. The van der Waals surface area contributed by atoms with Gasteiger partial charge in [0.2, 0.25) is 0 Å². The largest absolute Gasteiger partial charge is 0.330 e. The first-order valence-electron chi connectivity index (χ1n) is 8.71. The minimum atomic E-state index is -0.273. The maximum Gasteiger partial charge on any atom is 0.273 e. The molecule has 5 heteroatoms. The molecule has 1 aromatic heterocycles. The molecule has 2 aromatic rings. The molecule has 0 unspecified atom stereocenters. The van der Waals surface area contributed by atoms with Crippen LogP contribution >= 0.6 is 0 Å². The second-order valence-electron chi connectivity index (χ2n) is 6.72. The van der Waals surface area contributed by atoms with Crippen molar-refractivity contribution in [1.29, 1.82) is 0 Å². The molecule has 2 heterocycles. The van der Waals surface area contributed by atoms with Crippen molar-refractivity contribution in [2.24, 2.45) is 0 Å². The lowest BCUT2D eigenvalue weighted by molar-refractivity contribution is 0.0561. The van der Waals surface area contributed by atoms with E-state index in [1.807, 2.05) is 19.1 Å². The van der Waals surface area contributed by atoms with Crippen LogP contribution in [0.3, 0.4) is 0 Å². The summed E-state index contributed by atoms with van der Waals surface area (Å²) in [6.07, 6.45) is 1.78. The number of piperidine rings is 1. The lowest BCUT2D eigenvalue weighted by Gasteiger charge is -2.37. The Kier molecular flexibility index (Phi) is 5.43. The van der Waals surface area contributed by atoms with E-state index in [9.17, 15) is 9.18 Å². The van der Waals surface area contributed by atoms with Crippen molar-refractivity contribution in [2.45, 2.75) is 32.4 Å². The van der Waals surface area contributed by atoms with E-state index in [1.165, 1.54) is 6.07 Å². The minimum absolute atomic E-state index is 0.102. The Morgan fingerprint density at radius 2 is 1.92 bits per heavy atom. The zero-order chi connectivity index (χ0) is 17.8. The van der Waals surface area contributed by atoms with Crippen LogP contribution in [0.15, 0.2) is 42.5 Å². The van der Waals surface area contributed by atoms with Gasteiger partial charge in [-0.3, -0.25) is 4.79 Å². The van der Waals surface area contributed by atoms with Crippen LogP contribution in [0, 0.1) is 12.7 Å². The van der Waals surface area contributed by atoms with Crippen LogP contribution in [-0.4, -0.2) is 46.9 Å². The summed E-state index contributed by atoms with van der Waals surface area (Å²) in [6.45, 7) is 4.02. The van der Waals surface area contributed by atoms with Crippen molar-refractivity contribution in [3.05, 3.63) is 65.2 Å². The van der Waals surface area contributed by atoms with E-state index >= 15 is 0 Å². The summed E-state index contributed by atoms with van der Waals surface area (Å²) in [7, 11) is 2.08. The molecule has 0 N–H and O–H groups in total. The normalized spacial score (nSPS) is 16.0. The Hall–Kier alpha value is -2.27. The first-order chi connectivity index (χ1) is 12.0. The van der Waals surface area contributed by atoms with E-state index in [1.54, 1.807) is 29.2 Å². The highest BCUT2D eigenvalue weighted by molar-refractivity contribution is 5.92. The lowest BCUT2D eigenvalue weighted by Crippen LogP contribution is -2.46. The molecule has 1 aromatic carbocycles. The van der Waals surface area contributed by atoms with Gasteiger partial charge in [-0.15, -0.1) is 0 Å². The molecule has 0 aliphatic carbocycles. The van der Waals surface area contributed by atoms with Crippen molar-refractivity contribution in [3.63, 3.8) is 0 Å². The van der Waals surface area contributed by atoms with Crippen LogP contribution in [0.1, 0.15) is 34.6 Å². The second-order valence-corrected chi connectivity index (χ2v) is 6.72. The standard InChI is InChI=1S/C20H24FN3O/c1-15-6-5-9-19(22-15)20(25)24(17-10-12-23(2)13-11-17)14-16-7-3-4-8-18(16)21/h3-9,17H,10-14H2,1-2H3. The number of hydrogen-bond acceptors (Lipinski definition) is 3. The number of rotatable bonds is 4. The number of carbonyl (C=O) groups is 1. The van der Waals surface area contributed by atoms with E-state index in [0.29, 0.717) is 11.3 Å². The van der Waals surface area contributed by atoms with Gasteiger partial charge in [0.25, 0.3) is 5.91 Å². The first kappa shape index (κ1) is 17.5. The molecule has 1 fully saturated rings. The van der Waals surface area contributed by atoms with Gasteiger partial charge in [0.15, 0.2) is 0 Å². The molecule has 4 nitrogen and oxygen atoms in total. The van der Waals surface area contributed by atoms with Gasteiger partial charge in [0, 0.05) is 23.8 Å². The third-order valence-electron chi connectivity index (χ3n) is 4.80. The van der Waals surface area contributed by atoms with E-state index in [2.05, 4.69) is 16.9 Å². The number of benzene rings is 1. The molecule has 0 spiro atoms.